The van der Waals surface area contributed by atoms with Gasteiger partial charge in [0.15, 0.2) is 0 Å². The average Bonchev–Trinajstić information content (AvgIpc) is 2.39. The Kier molecular flexibility index (Phi) is 3.83. The van der Waals surface area contributed by atoms with Crippen molar-refractivity contribution >= 4 is 34.8 Å². The lowest BCUT2D eigenvalue weighted by Gasteiger charge is -2.30. The summed E-state index contributed by atoms with van der Waals surface area (Å²) in [6.07, 6.45) is -0.507. The van der Waals surface area contributed by atoms with E-state index in [-0.39, 0.29) is 6.10 Å². The van der Waals surface area contributed by atoms with Crippen molar-refractivity contribution in [3.8, 4) is 5.75 Å². The minimum atomic E-state index is -0.630. The number of fused-ring (bicyclic) bond motifs is 1. The highest BCUT2D eigenvalue weighted by Crippen LogP contribution is 2.43. The van der Waals surface area contributed by atoms with Crippen LogP contribution in [-0.2, 0) is 0 Å². The predicted molar refractivity (Wildman–Crippen MR) is 80.9 cm³/mol. The van der Waals surface area contributed by atoms with Crippen LogP contribution < -0.4 is 4.74 Å². The van der Waals surface area contributed by atoms with E-state index in [2.05, 4.69) is 0 Å². The van der Waals surface area contributed by atoms with Crippen molar-refractivity contribution in [2.75, 3.05) is 0 Å². The Morgan fingerprint density at radius 2 is 1.65 bits per heavy atom. The van der Waals surface area contributed by atoms with Crippen LogP contribution in [0, 0.1) is 0 Å². The molecule has 0 spiro atoms. The van der Waals surface area contributed by atoms with E-state index in [1.54, 1.807) is 30.3 Å². The van der Waals surface area contributed by atoms with Crippen LogP contribution in [0.4, 0.5) is 0 Å². The Bertz CT molecular complexity index is 658. The summed E-state index contributed by atoms with van der Waals surface area (Å²) in [4.78, 5) is 0. The minimum Gasteiger partial charge on any atom is -0.485 e. The quantitative estimate of drug-likeness (QED) is 0.779. The molecule has 1 aliphatic rings. The van der Waals surface area contributed by atoms with Crippen LogP contribution in [0.5, 0.6) is 5.75 Å². The Balaban J connectivity index is 1.97. The summed E-state index contributed by atoms with van der Waals surface area (Å²) in [7, 11) is 0. The maximum atomic E-state index is 10.3. The van der Waals surface area contributed by atoms with Gasteiger partial charge in [-0.3, -0.25) is 0 Å². The molecule has 1 heterocycles. The van der Waals surface area contributed by atoms with Gasteiger partial charge in [-0.25, -0.2) is 0 Å². The van der Waals surface area contributed by atoms with Gasteiger partial charge in [0.05, 0.1) is 6.10 Å². The van der Waals surface area contributed by atoms with Gasteiger partial charge in [0.25, 0.3) is 0 Å². The summed E-state index contributed by atoms with van der Waals surface area (Å²) in [5.41, 5.74) is 1.52. The second-order valence-corrected chi connectivity index (χ2v) is 5.99. The third-order valence-electron chi connectivity index (χ3n) is 3.35. The van der Waals surface area contributed by atoms with Gasteiger partial charge in [0.1, 0.15) is 11.9 Å². The molecule has 0 aromatic heterocycles. The third-order valence-corrected chi connectivity index (χ3v) is 4.14. The predicted octanol–water partition coefficient (Wildman–Crippen LogP) is 5.20. The lowest BCUT2D eigenvalue weighted by atomic mass is 9.95. The van der Waals surface area contributed by atoms with E-state index in [0.717, 1.165) is 5.56 Å². The first-order chi connectivity index (χ1) is 9.54. The van der Waals surface area contributed by atoms with Crippen LogP contribution in [0.25, 0.3) is 0 Å². The molecule has 3 rings (SSSR count). The Morgan fingerprint density at radius 3 is 2.40 bits per heavy atom. The summed E-state index contributed by atoms with van der Waals surface area (Å²) < 4.78 is 5.92. The first-order valence-corrected chi connectivity index (χ1v) is 7.27. The molecule has 0 aliphatic carbocycles. The zero-order valence-corrected chi connectivity index (χ0v) is 12.6. The van der Waals surface area contributed by atoms with Crippen molar-refractivity contribution in [3.05, 3.63) is 62.6 Å². The van der Waals surface area contributed by atoms with Crippen LogP contribution in [0.1, 0.15) is 29.8 Å². The number of hydrogen-bond acceptors (Lipinski definition) is 2. The molecule has 2 atom stereocenters. The van der Waals surface area contributed by atoms with Gasteiger partial charge in [-0.15, -0.1) is 0 Å². The molecule has 2 nitrogen and oxygen atoms in total. The van der Waals surface area contributed by atoms with Crippen molar-refractivity contribution in [1.29, 1.82) is 0 Å². The molecule has 0 saturated carbocycles. The molecule has 20 heavy (non-hydrogen) atoms. The highest BCUT2D eigenvalue weighted by Gasteiger charge is 2.29. The van der Waals surface area contributed by atoms with E-state index < -0.39 is 6.10 Å². The Hall–Kier alpha value is -0.930. The second kappa shape index (κ2) is 5.45. The molecule has 2 aromatic carbocycles. The number of hydrogen-bond donors (Lipinski definition) is 1. The fourth-order valence-electron chi connectivity index (χ4n) is 2.37. The molecule has 2 aromatic rings. The molecule has 104 valence electrons. The van der Waals surface area contributed by atoms with Crippen molar-refractivity contribution in [3.63, 3.8) is 0 Å². The molecule has 0 bridgehead atoms. The van der Waals surface area contributed by atoms with E-state index in [1.807, 2.05) is 6.07 Å². The molecule has 5 heteroatoms. The van der Waals surface area contributed by atoms with Crippen LogP contribution in [-0.4, -0.2) is 5.11 Å². The Morgan fingerprint density at radius 1 is 0.950 bits per heavy atom. The summed E-state index contributed by atoms with van der Waals surface area (Å²) in [5, 5.41) is 11.9. The average molecular weight is 330 g/mol. The molecule has 1 unspecified atom stereocenters. The highest BCUT2D eigenvalue weighted by molar-refractivity contribution is 6.35. The lowest BCUT2D eigenvalue weighted by Crippen LogP contribution is -2.19. The van der Waals surface area contributed by atoms with E-state index in [4.69, 9.17) is 39.5 Å². The molecular weight excluding hydrogens is 319 g/mol. The van der Waals surface area contributed by atoms with Crippen molar-refractivity contribution in [2.24, 2.45) is 0 Å². The van der Waals surface area contributed by atoms with Crippen LogP contribution >= 0.6 is 34.8 Å². The van der Waals surface area contributed by atoms with E-state index in [1.165, 1.54) is 0 Å². The minimum absolute atomic E-state index is 0.302. The fraction of sp³-hybridized carbons (Fsp3) is 0.200. The van der Waals surface area contributed by atoms with Gasteiger partial charge >= 0.3 is 0 Å². The molecule has 1 aliphatic heterocycles. The van der Waals surface area contributed by atoms with Gasteiger partial charge in [-0.1, -0.05) is 40.9 Å². The third kappa shape index (κ3) is 2.61. The fourth-order valence-corrected chi connectivity index (χ4v) is 3.08. The molecule has 0 saturated heterocycles. The van der Waals surface area contributed by atoms with E-state index in [0.29, 0.717) is 32.8 Å². The number of rotatable bonds is 1. The summed E-state index contributed by atoms with van der Waals surface area (Å²) >= 11 is 18.0. The van der Waals surface area contributed by atoms with Crippen LogP contribution in [0.3, 0.4) is 0 Å². The monoisotopic (exact) mass is 328 g/mol. The molecule has 1 N–H and O–H groups in total. The standard InChI is InChI=1S/C15H11Cl3O2/c16-8-2-4-14-11(5-8)13(19)7-15(20-14)10-3-1-9(17)6-12(10)18/h1-6,13,15,19H,7H2/t13-,15?/m1/s1. The SMILES string of the molecule is O[C@@H]1CC(c2ccc(Cl)cc2Cl)Oc2ccc(Cl)cc21. The van der Waals surface area contributed by atoms with Crippen molar-refractivity contribution < 1.29 is 9.84 Å². The smallest absolute Gasteiger partial charge is 0.128 e. The highest BCUT2D eigenvalue weighted by atomic mass is 35.5. The molecular formula is C15H11Cl3O2. The topological polar surface area (TPSA) is 29.5 Å². The van der Waals surface area contributed by atoms with Gasteiger partial charge < -0.3 is 9.84 Å². The van der Waals surface area contributed by atoms with Gasteiger partial charge in [-0.05, 0) is 30.3 Å². The number of benzene rings is 2. The Labute approximate surface area is 131 Å². The largest absolute Gasteiger partial charge is 0.485 e. The second-order valence-electron chi connectivity index (χ2n) is 4.71. The van der Waals surface area contributed by atoms with Crippen molar-refractivity contribution in [2.45, 2.75) is 18.6 Å². The number of ether oxygens (including phenoxy) is 1. The van der Waals surface area contributed by atoms with Crippen molar-refractivity contribution in [1.82, 2.24) is 0 Å². The lowest BCUT2D eigenvalue weighted by molar-refractivity contribution is 0.0658. The molecule has 0 radical (unpaired) electrons. The van der Waals surface area contributed by atoms with E-state index >= 15 is 0 Å². The van der Waals surface area contributed by atoms with Gasteiger partial charge in [0.2, 0.25) is 0 Å². The first kappa shape index (κ1) is 14.0. The number of aliphatic hydroxyl groups excluding tert-OH is 1. The maximum Gasteiger partial charge on any atom is 0.128 e. The van der Waals surface area contributed by atoms with Crippen LogP contribution in [0.2, 0.25) is 15.1 Å². The molecule has 0 amide bonds. The van der Waals surface area contributed by atoms with Gasteiger partial charge in [0, 0.05) is 32.6 Å². The van der Waals surface area contributed by atoms with Gasteiger partial charge in [-0.2, -0.15) is 0 Å². The maximum absolute atomic E-state index is 10.3. The van der Waals surface area contributed by atoms with Crippen LogP contribution in [0.15, 0.2) is 36.4 Å². The number of aliphatic hydroxyl groups is 1. The zero-order chi connectivity index (χ0) is 14.3. The molecule has 0 fully saturated rings. The van der Waals surface area contributed by atoms with E-state index in [9.17, 15) is 5.11 Å². The number of halogens is 3. The zero-order valence-electron chi connectivity index (χ0n) is 10.3. The first-order valence-electron chi connectivity index (χ1n) is 6.13. The summed E-state index contributed by atoms with van der Waals surface area (Å²) in [6.45, 7) is 0. The summed E-state index contributed by atoms with van der Waals surface area (Å²) in [5.74, 6) is 0.629. The normalized spacial score (nSPS) is 21.2. The summed E-state index contributed by atoms with van der Waals surface area (Å²) in [6, 6.07) is 10.5.